The quantitative estimate of drug-likeness (QED) is 0.725. The maximum Gasteiger partial charge on any atom is 0.210 e. The molecule has 20 heavy (non-hydrogen) atoms. The van der Waals surface area contributed by atoms with Crippen molar-refractivity contribution >= 4 is 23.2 Å². The Hall–Kier alpha value is -1.87. The molecule has 0 saturated heterocycles. The van der Waals surface area contributed by atoms with Crippen molar-refractivity contribution in [2.75, 3.05) is 6.61 Å². The summed E-state index contributed by atoms with van der Waals surface area (Å²) < 4.78 is 5.65. The van der Waals surface area contributed by atoms with Gasteiger partial charge in [0, 0.05) is 10.4 Å². The van der Waals surface area contributed by atoms with Gasteiger partial charge in [-0.3, -0.25) is 4.79 Å². The highest BCUT2D eigenvalue weighted by atomic mass is 32.1. The van der Waals surface area contributed by atoms with Crippen LogP contribution in [0.3, 0.4) is 0 Å². The molecular weight excluding hydrogens is 268 g/mol. The topological polar surface area (TPSA) is 26.3 Å². The van der Waals surface area contributed by atoms with E-state index in [2.05, 4.69) is 6.92 Å². The number of rotatable bonds is 6. The van der Waals surface area contributed by atoms with Gasteiger partial charge in [-0.15, -0.1) is 11.3 Å². The Kier molecular flexibility index (Phi) is 5.13. The Balaban J connectivity index is 2.03. The van der Waals surface area contributed by atoms with Gasteiger partial charge in [-0.2, -0.15) is 0 Å². The van der Waals surface area contributed by atoms with Gasteiger partial charge < -0.3 is 4.74 Å². The molecule has 1 aromatic carbocycles. The summed E-state index contributed by atoms with van der Waals surface area (Å²) in [6.45, 7) is 4.13. The molecule has 0 spiro atoms. The fraction of sp³-hybridized carbons (Fsp3) is 0.235. The summed E-state index contributed by atoms with van der Waals surface area (Å²) in [6.07, 6.45) is 4.89. The predicted octanol–water partition coefficient (Wildman–Crippen LogP) is 4.61. The van der Waals surface area contributed by atoms with Crippen molar-refractivity contribution in [3.63, 3.8) is 0 Å². The molecule has 104 valence electrons. The summed E-state index contributed by atoms with van der Waals surface area (Å²) >= 11 is 1.55. The third-order valence-corrected chi connectivity index (χ3v) is 4.18. The first-order valence-corrected chi connectivity index (χ1v) is 7.52. The van der Waals surface area contributed by atoms with Crippen LogP contribution < -0.4 is 4.74 Å². The van der Waals surface area contributed by atoms with Crippen LogP contribution in [-0.2, 0) is 6.42 Å². The smallest absolute Gasteiger partial charge is 0.210 e. The minimum absolute atomic E-state index is 0.0324. The summed E-state index contributed by atoms with van der Waals surface area (Å²) in [6, 6.07) is 11.6. The van der Waals surface area contributed by atoms with Gasteiger partial charge in [0.25, 0.3) is 0 Å². The third kappa shape index (κ3) is 3.58. The van der Waals surface area contributed by atoms with Gasteiger partial charge in [-0.25, -0.2) is 0 Å². The largest absolute Gasteiger partial charge is 0.485 e. The first kappa shape index (κ1) is 14.5. The van der Waals surface area contributed by atoms with Crippen LogP contribution in [0.25, 0.3) is 6.08 Å². The average molecular weight is 286 g/mol. The SMILES string of the molecule is CC=Cc1ccccc1OCC(=O)c1ccc(CC)s1. The van der Waals surface area contributed by atoms with E-state index in [4.69, 9.17) is 4.74 Å². The van der Waals surface area contributed by atoms with E-state index in [1.807, 2.05) is 55.5 Å². The van der Waals surface area contributed by atoms with E-state index >= 15 is 0 Å². The molecule has 0 saturated carbocycles. The Morgan fingerprint density at radius 1 is 1.25 bits per heavy atom. The third-order valence-electron chi connectivity index (χ3n) is 2.91. The summed E-state index contributed by atoms with van der Waals surface area (Å²) in [5, 5.41) is 0. The monoisotopic (exact) mass is 286 g/mol. The molecule has 0 radical (unpaired) electrons. The van der Waals surface area contributed by atoms with Gasteiger partial charge in [-0.1, -0.05) is 37.3 Å². The lowest BCUT2D eigenvalue weighted by Crippen LogP contribution is -2.10. The van der Waals surface area contributed by atoms with Crippen molar-refractivity contribution in [2.45, 2.75) is 20.3 Å². The number of carbonyl (C=O) groups is 1. The maximum atomic E-state index is 12.1. The van der Waals surface area contributed by atoms with E-state index in [-0.39, 0.29) is 12.4 Å². The van der Waals surface area contributed by atoms with Crippen molar-refractivity contribution in [3.8, 4) is 5.75 Å². The fourth-order valence-electron chi connectivity index (χ4n) is 1.86. The van der Waals surface area contributed by atoms with Crippen LogP contribution in [0.1, 0.15) is 34.0 Å². The number of benzene rings is 1. The Labute approximate surface area is 123 Å². The fourth-order valence-corrected chi connectivity index (χ4v) is 2.73. The number of thiophene rings is 1. The molecule has 0 aliphatic carbocycles. The van der Waals surface area contributed by atoms with Gasteiger partial charge in [0.15, 0.2) is 6.61 Å². The average Bonchev–Trinajstić information content (AvgIpc) is 2.95. The van der Waals surface area contributed by atoms with Gasteiger partial charge in [0.05, 0.1) is 4.88 Å². The second kappa shape index (κ2) is 7.06. The highest BCUT2D eigenvalue weighted by molar-refractivity contribution is 7.14. The van der Waals surface area contributed by atoms with Crippen LogP contribution in [0.4, 0.5) is 0 Å². The van der Waals surface area contributed by atoms with Crippen LogP contribution in [0.5, 0.6) is 5.75 Å². The molecule has 2 aromatic rings. The molecule has 3 heteroatoms. The van der Waals surface area contributed by atoms with E-state index in [0.29, 0.717) is 0 Å². The molecule has 0 aliphatic heterocycles. The lowest BCUT2D eigenvalue weighted by atomic mass is 10.2. The summed E-state index contributed by atoms with van der Waals surface area (Å²) in [4.78, 5) is 14.1. The molecule has 0 fully saturated rings. The normalized spacial score (nSPS) is 10.9. The van der Waals surface area contributed by atoms with Gasteiger partial charge >= 0.3 is 0 Å². The van der Waals surface area contributed by atoms with Crippen molar-refractivity contribution < 1.29 is 9.53 Å². The zero-order valence-corrected chi connectivity index (χ0v) is 12.6. The lowest BCUT2D eigenvalue weighted by Gasteiger charge is -2.07. The number of allylic oxidation sites excluding steroid dienone is 1. The number of para-hydroxylation sites is 1. The molecule has 0 amide bonds. The molecule has 0 atom stereocenters. The number of hydrogen-bond acceptors (Lipinski definition) is 3. The molecular formula is C17H18O2S. The van der Waals surface area contributed by atoms with Crippen LogP contribution in [-0.4, -0.2) is 12.4 Å². The number of ether oxygens (including phenoxy) is 1. The Morgan fingerprint density at radius 3 is 2.75 bits per heavy atom. The van der Waals surface area contributed by atoms with E-state index < -0.39 is 0 Å². The van der Waals surface area contributed by atoms with Crippen LogP contribution in [0.2, 0.25) is 0 Å². The van der Waals surface area contributed by atoms with E-state index in [9.17, 15) is 4.79 Å². The molecule has 1 aromatic heterocycles. The zero-order valence-electron chi connectivity index (χ0n) is 11.8. The summed E-state index contributed by atoms with van der Waals surface area (Å²) in [5.41, 5.74) is 0.989. The molecule has 0 unspecified atom stereocenters. The number of Topliss-reactive ketones (excluding diaryl/α,β-unsaturated/α-hetero) is 1. The molecule has 1 heterocycles. The number of carbonyl (C=O) groups excluding carboxylic acids is 1. The van der Waals surface area contributed by atoms with Crippen molar-refractivity contribution in [1.82, 2.24) is 0 Å². The first-order valence-electron chi connectivity index (χ1n) is 6.71. The van der Waals surface area contributed by atoms with E-state index in [1.54, 1.807) is 11.3 Å². The minimum atomic E-state index is 0.0324. The predicted molar refractivity (Wildman–Crippen MR) is 84.7 cm³/mol. The van der Waals surface area contributed by atoms with E-state index in [0.717, 1.165) is 22.6 Å². The maximum absolute atomic E-state index is 12.1. The first-order chi connectivity index (χ1) is 9.74. The van der Waals surface area contributed by atoms with Gasteiger partial charge in [0.2, 0.25) is 5.78 Å². The molecule has 0 N–H and O–H groups in total. The number of aryl methyl sites for hydroxylation is 1. The second-order valence-corrected chi connectivity index (χ2v) is 5.54. The minimum Gasteiger partial charge on any atom is -0.485 e. The number of hydrogen-bond donors (Lipinski definition) is 0. The number of ketones is 1. The van der Waals surface area contributed by atoms with Crippen LogP contribution in [0, 0.1) is 0 Å². The zero-order chi connectivity index (χ0) is 14.4. The van der Waals surface area contributed by atoms with E-state index in [1.165, 1.54) is 4.88 Å². The highest BCUT2D eigenvalue weighted by Gasteiger charge is 2.10. The van der Waals surface area contributed by atoms with Crippen molar-refractivity contribution in [2.24, 2.45) is 0 Å². The highest BCUT2D eigenvalue weighted by Crippen LogP contribution is 2.21. The Bertz CT molecular complexity index is 611. The molecule has 0 bridgehead atoms. The lowest BCUT2D eigenvalue weighted by molar-refractivity contribution is 0.0925. The molecule has 2 nitrogen and oxygen atoms in total. The van der Waals surface area contributed by atoms with Gasteiger partial charge in [-0.05, 0) is 31.5 Å². The van der Waals surface area contributed by atoms with Crippen molar-refractivity contribution in [3.05, 3.63) is 57.8 Å². The van der Waals surface area contributed by atoms with Crippen molar-refractivity contribution in [1.29, 1.82) is 0 Å². The van der Waals surface area contributed by atoms with Crippen LogP contribution >= 0.6 is 11.3 Å². The Morgan fingerprint density at radius 2 is 2.05 bits per heavy atom. The second-order valence-electron chi connectivity index (χ2n) is 4.37. The summed E-state index contributed by atoms with van der Waals surface area (Å²) in [5.74, 6) is 0.774. The standard InChI is InChI=1S/C17H18O2S/c1-3-7-13-8-5-6-9-16(13)19-12-15(18)17-11-10-14(4-2)20-17/h3,5-11H,4,12H2,1-2H3. The molecule has 0 aliphatic rings. The molecule has 2 rings (SSSR count). The van der Waals surface area contributed by atoms with Crippen LogP contribution in [0.15, 0.2) is 42.5 Å². The summed E-state index contributed by atoms with van der Waals surface area (Å²) in [7, 11) is 0. The van der Waals surface area contributed by atoms with Gasteiger partial charge in [0.1, 0.15) is 5.75 Å².